The molecule has 0 radical (unpaired) electrons. The highest BCUT2D eigenvalue weighted by Gasteiger charge is 2.20. The first-order valence-corrected chi connectivity index (χ1v) is 8.04. The first kappa shape index (κ1) is 17.3. The maximum Gasteiger partial charge on any atom is 0.263 e. The molecule has 1 amide bonds. The Morgan fingerprint density at radius 1 is 1.32 bits per heavy atom. The van der Waals surface area contributed by atoms with Gasteiger partial charge < -0.3 is 14.6 Å². The van der Waals surface area contributed by atoms with Crippen LogP contribution in [0.2, 0.25) is 0 Å². The highest BCUT2D eigenvalue weighted by molar-refractivity contribution is 6.04. The van der Waals surface area contributed by atoms with Crippen molar-refractivity contribution in [2.24, 2.45) is 0 Å². The summed E-state index contributed by atoms with van der Waals surface area (Å²) >= 11 is 0. The van der Waals surface area contributed by atoms with Crippen LogP contribution >= 0.6 is 0 Å². The number of ether oxygens (including phenoxy) is 1. The molecule has 25 heavy (non-hydrogen) atoms. The summed E-state index contributed by atoms with van der Waals surface area (Å²) < 4.78 is 33.2. The molecule has 0 bridgehead atoms. The van der Waals surface area contributed by atoms with Crippen LogP contribution in [0.25, 0.3) is 0 Å². The fourth-order valence-electron chi connectivity index (χ4n) is 2.86. The molecule has 2 aromatic rings. The van der Waals surface area contributed by atoms with Gasteiger partial charge in [-0.05, 0) is 43.5 Å². The fraction of sp³-hybridized carbons (Fsp3) is 0.333. The van der Waals surface area contributed by atoms with Gasteiger partial charge in [0.1, 0.15) is 5.56 Å². The van der Waals surface area contributed by atoms with Gasteiger partial charge >= 0.3 is 0 Å². The molecule has 1 N–H and O–H groups in total. The van der Waals surface area contributed by atoms with Gasteiger partial charge in [-0.2, -0.15) is 0 Å². The number of nitrogens with zero attached hydrogens (tertiary/aromatic N) is 1. The monoisotopic (exact) mass is 348 g/mol. The van der Waals surface area contributed by atoms with Crippen LogP contribution < -0.4 is 10.9 Å². The largest absolute Gasteiger partial charge is 0.376 e. The number of benzene rings is 1. The van der Waals surface area contributed by atoms with Gasteiger partial charge in [0.2, 0.25) is 0 Å². The van der Waals surface area contributed by atoms with E-state index in [2.05, 4.69) is 5.32 Å². The summed E-state index contributed by atoms with van der Waals surface area (Å²) in [6, 6.07) is 4.70. The minimum atomic E-state index is -1.07. The normalized spacial score (nSPS) is 16.8. The van der Waals surface area contributed by atoms with E-state index in [0.717, 1.165) is 25.0 Å². The number of amides is 1. The molecule has 5 nitrogen and oxygen atoms in total. The molecule has 1 saturated heterocycles. The van der Waals surface area contributed by atoms with Crippen molar-refractivity contribution in [3.8, 4) is 0 Å². The number of rotatable bonds is 4. The van der Waals surface area contributed by atoms with Gasteiger partial charge in [0.05, 0.1) is 12.6 Å². The van der Waals surface area contributed by atoms with Crippen LogP contribution in [-0.4, -0.2) is 23.2 Å². The second kappa shape index (κ2) is 7.14. The molecule has 1 unspecified atom stereocenters. The minimum Gasteiger partial charge on any atom is -0.376 e. The summed E-state index contributed by atoms with van der Waals surface area (Å²) in [6.45, 7) is 2.71. The SMILES string of the molecule is Cc1ccn(CC2CCCO2)c(=O)c1C(=O)Nc1ccc(F)c(F)c1. The third-order valence-electron chi connectivity index (χ3n) is 4.20. The Hall–Kier alpha value is -2.54. The predicted molar refractivity (Wildman–Crippen MR) is 88.7 cm³/mol. The molecule has 1 atom stereocenters. The van der Waals surface area contributed by atoms with Crippen LogP contribution in [0.1, 0.15) is 28.8 Å². The van der Waals surface area contributed by atoms with E-state index in [9.17, 15) is 18.4 Å². The molecule has 0 aliphatic carbocycles. The summed E-state index contributed by atoms with van der Waals surface area (Å²) in [4.78, 5) is 25.1. The van der Waals surface area contributed by atoms with Crippen molar-refractivity contribution in [2.75, 3.05) is 11.9 Å². The van der Waals surface area contributed by atoms with Gasteiger partial charge in [-0.1, -0.05) is 0 Å². The van der Waals surface area contributed by atoms with Gasteiger partial charge in [0.15, 0.2) is 11.6 Å². The molecule has 132 valence electrons. The molecule has 1 aliphatic rings. The zero-order valence-corrected chi connectivity index (χ0v) is 13.7. The Balaban J connectivity index is 1.85. The first-order valence-electron chi connectivity index (χ1n) is 8.04. The summed E-state index contributed by atoms with van der Waals surface area (Å²) in [6.07, 6.45) is 3.42. The Morgan fingerprint density at radius 3 is 2.80 bits per heavy atom. The van der Waals surface area contributed by atoms with Crippen molar-refractivity contribution in [3.05, 3.63) is 63.6 Å². The topological polar surface area (TPSA) is 60.3 Å². The number of aromatic nitrogens is 1. The number of anilines is 1. The van der Waals surface area contributed by atoms with Crippen molar-refractivity contribution in [3.63, 3.8) is 0 Å². The van der Waals surface area contributed by atoms with E-state index in [0.29, 0.717) is 18.7 Å². The van der Waals surface area contributed by atoms with Gasteiger partial charge in [0, 0.05) is 24.6 Å². The Morgan fingerprint density at radius 2 is 2.12 bits per heavy atom. The van der Waals surface area contributed by atoms with E-state index in [-0.39, 0.29) is 17.4 Å². The van der Waals surface area contributed by atoms with Crippen LogP contribution in [0.3, 0.4) is 0 Å². The molecule has 1 aliphatic heterocycles. The molecule has 1 aromatic carbocycles. The molecule has 3 rings (SSSR count). The number of halogens is 2. The van der Waals surface area contributed by atoms with Crippen molar-refractivity contribution in [1.29, 1.82) is 0 Å². The zero-order valence-electron chi connectivity index (χ0n) is 13.7. The lowest BCUT2D eigenvalue weighted by molar-refractivity contribution is 0.0952. The number of hydrogen-bond acceptors (Lipinski definition) is 3. The van der Waals surface area contributed by atoms with Crippen LogP contribution in [0, 0.1) is 18.6 Å². The predicted octanol–water partition coefficient (Wildman–Crippen LogP) is 2.87. The average Bonchev–Trinajstić information content (AvgIpc) is 3.07. The third kappa shape index (κ3) is 3.76. The lowest BCUT2D eigenvalue weighted by Gasteiger charge is -2.14. The molecule has 1 fully saturated rings. The Bertz CT molecular complexity index is 858. The van der Waals surface area contributed by atoms with Crippen LogP contribution in [0.15, 0.2) is 35.3 Å². The lowest BCUT2D eigenvalue weighted by Crippen LogP contribution is -2.32. The molecule has 0 spiro atoms. The Kier molecular flexibility index (Phi) is 4.94. The number of carbonyl (C=O) groups is 1. The fourth-order valence-corrected chi connectivity index (χ4v) is 2.86. The maximum absolute atomic E-state index is 13.3. The molecule has 7 heteroatoms. The van der Waals surface area contributed by atoms with Crippen LogP contribution in [0.4, 0.5) is 14.5 Å². The van der Waals surface area contributed by atoms with Crippen molar-refractivity contribution >= 4 is 11.6 Å². The van der Waals surface area contributed by atoms with Crippen LogP contribution in [0.5, 0.6) is 0 Å². The average molecular weight is 348 g/mol. The Labute approximate surface area is 143 Å². The number of nitrogens with one attached hydrogen (secondary N) is 1. The lowest BCUT2D eigenvalue weighted by atomic mass is 10.1. The summed E-state index contributed by atoms with van der Waals surface area (Å²) in [5.41, 5.74) is 0.131. The van der Waals surface area contributed by atoms with Crippen molar-refractivity contribution in [1.82, 2.24) is 4.57 Å². The number of hydrogen-bond donors (Lipinski definition) is 1. The minimum absolute atomic E-state index is 0.0229. The van der Waals surface area contributed by atoms with E-state index >= 15 is 0 Å². The van der Waals surface area contributed by atoms with Gasteiger partial charge in [-0.15, -0.1) is 0 Å². The van der Waals surface area contributed by atoms with E-state index in [1.165, 1.54) is 10.6 Å². The van der Waals surface area contributed by atoms with E-state index in [4.69, 9.17) is 4.74 Å². The highest BCUT2D eigenvalue weighted by atomic mass is 19.2. The second-order valence-electron chi connectivity index (χ2n) is 6.05. The summed E-state index contributed by atoms with van der Waals surface area (Å²) in [7, 11) is 0. The smallest absolute Gasteiger partial charge is 0.263 e. The maximum atomic E-state index is 13.3. The number of aryl methyl sites for hydroxylation is 1. The van der Waals surface area contributed by atoms with Crippen LogP contribution in [-0.2, 0) is 11.3 Å². The second-order valence-corrected chi connectivity index (χ2v) is 6.05. The first-order chi connectivity index (χ1) is 12.0. The number of carbonyl (C=O) groups excluding carboxylic acids is 1. The van der Waals surface area contributed by atoms with Gasteiger partial charge in [-0.3, -0.25) is 9.59 Å². The summed E-state index contributed by atoms with van der Waals surface area (Å²) in [5.74, 6) is -2.73. The molecular formula is C18H18F2N2O3. The zero-order chi connectivity index (χ0) is 18.0. The molecule has 2 heterocycles. The summed E-state index contributed by atoms with van der Waals surface area (Å²) in [5, 5.41) is 2.44. The standard InChI is InChI=1S/C18H18F2N2O3/c1-11-6-7-22(10-13-3-2-8-25-13)18(24)16(11)17(23)21-12-4-5-14(19)15(20)9-12/h4-7,9,13H,2-3,8,10H2,1H3,(H,21,23). The molecule has 0 saturated carbocycles. The molecular weight excluding hydrogens is 330 g/mol. The molecule has 1 aromatic heterocycles. The van der Waals surface area contributed by atoms with Gasteiger partial charge in [-0.25, -0.2) is 8.78 Å². The van der Waals surface area contributed by atoms with Gasteiger partial charge in [0.25, 0.3) is 11.5 Å². The number of pyridine rings is 1. The van der Waals surface area contributed by atoms with Crippen molar-refractivity contribution < 1.29 is 18.3 Å². The van der Waals surface area contributed by atoms with E-state index in [1.807, 2.05) is 0 Å². The van der Waals surface area contributed by atoms with E-state index < -0.39 is 23.1 Å². The van der Waals surface area contributed by atoms with Crippen molar-refractivity contribution in [2.45, 2.75) is 32.4 Å². The quantitative estimate of drug-likeness (QED) is 0.924. The highest BCUT2D eigenvalue weighted by Crippen LogP contribution is 2.16. The third-order valence-corrected chi connectivity index (χ3v) is 4.20. The van der Waals surface area contributed by atoms with E-state index in [1.54, 1.807) is 19.2 Å².